The van der Waals surface area contributed by atoms with Crippen LogP contribution in [0.25, 0.3) is 0 Å². The quantitative estimate of drug-likeness (QED) is 0.922. The van der Waals surface area contributed by atoms with E-state index >= 15 is 0 Å². The average molecular weight is 329 g/mol. The number of piperidine rings is 2. The number of carbonyl (C=O) groups is 1. The fourth-order valence-corrected chi connectivity index (χ4v) is 3.94. The SMILES string of the molecule is Cc1cccc(CN2CCC(NC(=O)N3CCCC(C)C3)CC2)c1. The maximum atomic E-state index is 12.4. The van der Waals surface area contributed by atoms with Crippen LogP contribution in [-0.2, 0) is 6.54 Å². The molecule has 4 nitrogen and oxygen atoms in total. The minimum atomic E-state index is 0.152. The van der Waals surface area contributed by atoms with Crippen molar-refractivity contribution < 1.29 is 4.79 Å². The molecule has 0 aliphatic carbocycles. The van der Waals surface area contributed by atoms with Crippen LogP contribution in [0, 0.1) is 12.8 Å². The van der Waals surface area contributed by atoms with Crippen LogP contribution in [0.5, 0.6) is 0 Å². The Hall–Kier alpha value is -1.55. The minimum absolute atomic E-state index is 0.152. The smallest absolute Gasteiger partial charge is 0.317 e. The molecule has 1 aromatic rings. The highest BCUT2D eigenvalue weighted by molar-refractivity contribution is 5.74. The monoisotopic (exact) mass is 329 g/mol. The van der Waals surface area contributed by atoms with Crippen LogP contribution in [0.4, 0.5) is 4.79 Å². The van der Waals surface area contributed by atoms with Crippen LogP contribution in [0.2, 0.25) is 0 Å². The van der Waals surface area contributed by atoms with E-state index in [0.717, 1.165) is 52.0 Å². The lowest BCUT2D eigenvalue weighted by molar-refractivity contribution is 0.152. The third-order valence-electron chi connectivity index (χ3n) is 5.35. The van der Waals surface area contributed by atoms with Crippen molar-refractivity contribution in [2.24, 2.45) is 5.92 Å². The summed E-state index contributed by atoms with van der Waals surface area (Å²) in [4.78, 5) is 16.9. The molecule has 0 saturated carbocycles. The lowest BCUT2D eigenvalue weighted by atomic mass is 10.0. The summed E-state index contributed by atoms with van der Waals surface area (Å²) >= 11 is 0. The summed E-state index contributed by atoms with van der Waals surface area (Å²) in [6, 6.07) is 9.25. The second-order valence-corrected chi connectivity index (χ2v) is 7.68. The number of hydrogen-bond acceptors (Lipinski definition) is 2. The van der Waals surface area contributed by atoms with Crippen molar-refractivity contribution in [3.8, 4) is 0 Å². The van der Waals surface area contributed by atoms with Gasteiger partial charge in [-0.1, -0.05) is 36.8 Å². The van der Waals surface area contributed by atoms with Crippen molar-refractivity contribution in [3.05, 3.63) is 35.4 Å². The molecular weight excluding hydrogens is 298 g/mol. The number of aryl methyl sites for hydroxylation is 1. The topological polar surface area (TPSA) is 35.6 Å². The van der Waals surface area contributed by atoms with Gasteiger partial charge in [-0.2, -0.15) is 0 Å². The van der Waals surface area contributed by atoms with Gasteiger partial charge >= 0.3 is 6.03 Å². The summed E-state index contributed by atoms with van der Waals surface area (Å²) in [6.07, 6.45) is 4.51. The molecule has 1 atom stereocenters. The van der Waals surface area contributed by atoms with E-state index in [1.54, 1.807) is 0 Å². The highest BCUT2D eigenvalue weighted by Crippen LogP contribution is 2.18. The second kappa shape index (κ2) is 8.02. The maximum Gasteiger partial charge on any atom is 0.317 e. The Morgan fingerprint density at radius 1 is 1.21 bits per heavy atom. The van der Waals surface area contributed by atoms with Gasteiger partial charge in [0.1, 0.15) is 0 Å². The number of amides is 2. The van der Waals surface area contributed by atoms with Gasteiger partial charge in [0, 0.05) is 38.8 Å². The van der Waals surface area contributed by atoms with Gasteiger partial charge in [-0.15, -0.1) is 0 Å². The Kier molecular flexibility index (Phi) is 5.77. The molecule has 3 rings (SSSR count). The van der Waals surface area contributed by atoms with Crippen molar-refractivity contribution in [2.45, 2.75) is 52.1 Å². The van der Waals surface area contributed by atoms with Gasteiger partial charge in [0.05, 0.1) is 0 Å². The molecule has 2 aliphatic rings. The van der Waals surface area contributed by atoms with Crippen LogP contribution in [0.3, 0.4) is 0 Å². The molecule has 24 heavy (non-hydrogen) atoms. The molecular formula is C20H31N3O. The molecule has 2 amide bonds. The molecule has 0 radical (unpaired) electrons. The average Bonchev–Trinajstić information content (AvgIpc) is 2.57. The van der Waals surface area contributed by atoms with Gasteiger partial charge in [0.2, 0.25) is 0 Å². The first-order valence-electron chi connectivity index (χ1n) is 9.43. The first-order valence-corrected chi connectivity index (χ1v) is 9.43. The number of benzene rings is 1. The third-order valence-corrected chi connectivity index (χ3v) is 5.35. The summed E-state index contributed by atoms with van der Waals surface area (Å²) in [7, 11) is 0. The van der Waals surface area contributed by atoms with Crippen molar-refractivity contribution in [3.63, 3.8) is 0 Å². The number of carbonyl (C=O) groups excluding carboxylic acids is 1. The molecule has 4 heteroatoms. The second-order valence-electron chi connectivity index (χ2n) is 7.68. The Bertz CT molecular complexity index is 552. The summed E-state index contributed by atoms with van der Waals surface area (Å²) < 4.78 is 0. The Morgan fingerprint density at radius 2 is 2.00 bits per heavy atom. The highest BCUT2D eigenvalue weighted by atomic mass is 16.2. The van der Waals surface area contributed by atoms with Crippen LogP contribution < -0.4 is 5.32 Å². The third kappa shape index (κ3) is 4.73. The normalized spacial score (nSPS) is 23.2. The zero-order chi connectivity index (χ0) is 16.9. The maximum absolute atomic E-state index is 12.4. The number of rotatable bonds is 3. The van der Waals surface area contributed by atoms with Crippen molar-refractivity contribution in [2.75, 3.05) is 26.2 Å². The lowest BCUT2D eigenvalue weighted by Gasteiger charge is -2.35. The number of hydrogen-bond donors (Lipinski definition) is 1. The fraction of sp³-hybridized carbons (Fsp3) is 0.650. The van der Waals surface area contributed by atoms with Crippen LogP contribution in [-0.4, -0.2) is 48.1 Å². The van der Waals surface area contributed by atoms with Crippen molar-refractivity contribution in [1.29, 1.82) is 0 Å². The molecule has 2 heterocycles. The van der Waals surface area contributed by atoms with Crippen molar-refractivity contribution >= 4 is 6.03 Å². The zero-order valence-electron chi connectivity index (χ0n) is 15.1. The number of likely N-dealkylation sites (tertiary alicyclic amines) is 2. The first-order chi connectivity index (χ1) is 11.6. The molecule has 1 unspecified atom stereocenters. The molecule has 0 bridgehead atoms. The van der Waals surface area contributed by atoms with Gasteiger partial charge in [0.25, 0.3) is 0 Å². The standard InChI is InChI=1S/C20H31N3O/c1-16-5-3-7-18(13-16)15-22-11-8-19(9-12-22)21-20(24)23-10-4-6-17(2)14-23/h3,5,7,13,17,19H,4,6,8-12,14-15H2,1-2H3,(H,21,24). The Labute approximate surface area is 146 Å². The zero-order valence-corrected chi connectivity index (χ0v) is 15.1. The Morgan fingerprint density at radius 3 is 2.71 bits per heavy atom. The van der Waals surface area contributed by atoms with E-state index in [4.69, 9.17) is 0 Å². The van der Waals surface area contributed by atoms with E-state index < -0.39 is 0 Å². The van der Waals surface area contributed by atoms with Gasteiger partial charge in [0.15, 0.2) is 0 Å². The molecule has 0 spiro atoms. The van der Waals surface area contributed by atoms with Gasteiger partial charge in [-0.3, -0.25) is 4.90 Å². The van der Waals surface area contributed by atoms with E-state index in [1.807, 2.05) is 4.90 Å². The van der Waals surface area contributed by atoms with Crippen LogP contribution in [0.15, 0.2) is 24.3 Å². The Balaban J connectivity index is 1.42. The van der Waals surface area contributed by atoms with Gasteiger partial charge in [-0.25, -0.2) is 4.79 Å². The van der Waals surface area contributed by atoms with E-state index in [2.05, 4.69) is 48.3 Å². The molecule has 2 fully saturated rings. The van der Waals surface area contributed by atoms with Gasteiger partial charge in [-0.05, 0) is 44.1 Å². The number of nitrogens with zero attached hydrogens (tertiary/aromatic N) is 2. The van der Waals surface area contributed by atoms with E-state index in [1.165, 1.54) is 17.5 Å². The summed E-state index contributed by atoms with van der Waals surface area (Å²) in [6.45, 7) is 9.37. The largest absolute Gasteiger partial charge is 0.335 e. The summed E-state index contributed by atoms with van der Waals surface area (Å²) in [5, 5.41) is 3.26. The van der Waals surface area contributed by atoms with Crippen LogP contribution >= 0.6 is 0 Å². The van der Waals surface area contributed by atoms with E-state index in [-0.39, 0.29) is 6.03 Å². The minimum Gasteiger partial charge on any atom is -0.335 e. The lowest BCUT2D eigenvalue weighted by Crippen LogP contribution is -2.51. The number of urea groups is 1. The molecule has 132 valence electrons. The van der Waals surface area contributed by atoms with Gasteiger partial charge < -0.3 is 10.2 Å². The predicted octanol–water partition coefficient (Wildman–Crippen LogP) is 3.40. The summed E-state index contributed by atoms with van der Waals surface area (Å²) in [5.74, 6) is 0.640. The van der Waals surface area contributed by atoms with Crippen LogP contribution in [0.1, 0.15) is 43.7 Å². The summed E-state index contributed by atoms with van der Waals surface area (Å²) in [5.41, 5.74) is 2.71. The molecule has 0 aromatic heterocycles. The first kappa shape index (κ1) is 17.3. The van der Waals surface area contributed by atoms with E-state index in [0.29, 0.717) is 12.0 Å². The predicted molar refractivity (Wildman–Crippen MR) is 98.0 cm³/mol. The van der Waals surface area contributed by atoms with Crippen molar-refractivity contribution in [1.82, 2.24) is 15.1 Å². The molecule has 1 aromatic carbocycles. The molecule has 1 N–H and O–H groups in total. The number of nitrogens with one attached hydrogen (secondary N) is 1. The molecule has 2 saturated heterocycles. The highest BCUT2D eigenvalue weighted by Gasteiger charge is 2.25. The van der Waals surface area contributed by atoms with E-state index in [9.17, 15) is 4.79 Å². The molecule has 2 aliphatic heterocycles. The fourth-order valence-electron chi connectivity index (χ4n) is 3.94.